The zero-order chi connectivity index (χ0) is 18.0. The van der Waals surface area contributed by atoms with Crippen LogP contribution in [0.15, 0.2) is 36.4 Å². The van der Waals surface area contributed by atoms with Crippen LogP contribution in [0.1, 0.15) is 22.3 Å². The van der Waals surface area contributed by atoms with E-state index in [0.717, 1.165) is 5.56 Å². The molecule has 6 heteroatoms. The molecule has 0 aliphatic carbocycles. The normalized spacial score (nSPS) is 13.4. The summed E-state index contributed by atoms with van der Waals surface area (Å²) in [6.07, 6.45) is 0.333. The Hall–Kier alpha value is -2.89. The maximum Gasteiger partial charge on any atom is 0.231 e. The molecule has 0 N–H and O–H groups in total. The summed E-state index contributed by atoms with van der Waals surface area (Å²) in [6, 6.07) is 9.21. The van der Waals surface area contributed by atoms with Gasteiger partial charge >= 0.3 is 0 Å². The van der Waals surface area contributed by atoms with Crippen molar-refractivity contribution in [3.63, 3.8) is 0 Å². The molecular weight excluding hydrogens is 325 g/mol. The van der Waals surface area contributed by atoms with Gasteiger partial charge in [0.15, 0.2) is 17.3 Å². The second-order valence-electron chi connectivity index (χ2n) is 5.75. The van der Waals surface area contributed by atoms with Crippen molar-refractivity contribution in [3.8, 4) is 11.5 Å². The van der Waals surface area contributed by atoms with E-state index in [1.54, 1.807) is 25.3 Å². The van der Waals surface area contributed by atoms with Crippen LogP contribution in [-0.4, -0.2) is 32.5 Å². The number of nitrogens with zero attached hydrogens (tertiary/aromatic N) is 1. The third kappa shape index (κ3) is 3.33. The molecule has 0 saturated carbocycles. The van der Waals surface area contributed by atoms with Crippen LogP contribution < -0.4 is 14.4 Å². The average molecular weight is 343 g/mol. The number of hydrogen-bond acceptors (Lipinski definition) is 4. The van der Waals surface area contributed by atoms with Crippen molar-refractivity contribution in [3.05, 3.63) is 53.3 Å². The summed E-state index contributed by atoms with van der Waals surface area (Å²) < 4.78 is 23.9. The molecule has 0 bridgehead atoms. The zero-order valence-corrected chi connectivity index (χ0v) is 14.0. The van der Waals surface area contributed by atoms with E-state index >= 15 is 0 Å². The van der Waals surface area contributed by atoms with Crippen molar-refractivity contribution in [2.45, 2.75) is 12.8 Å². The molecule has 1 heterocycles. The maximum atomic E-state index is 13.4. The van der Waals surface area contributed by atoms with Crippen LogP contribution in [0.4, 0.5) is 10.1 Å². The van der Waals surface area contributed by atoms with Gasteiger partial charge in [0.25, 0.3) is 0 Å². The maximum absolute atomic E-state index is 13.4. The molecule has 1 aliphatic heterocycles. The molecule has 3 rings (SSSR count). The van der Waals surface area contributed by atoms with Gasteiger partial charge in [-0.05, 0) is 35.9 Å². The smallest absolute Gasteiger partial charge is 0.231 e. The molecule has 25 heavy (non-hydrogen) atoms. The van der Waals surface area contributed by atoms with Gasteiger partial charge in [0.2, 0.25) is 5.91 Å². The Labute approximate surface area is 145 Å². The van der Waals surface area contributed by atoms with E-state index in [4.69, 9.17) is 9.47 Å². The minimum Gasteiger partial charge on any atom is -0.493 e. The number of fused-ring (bicyclic) bond motifs is 1. The van der Waals surface area contributed by atoms with Gasteiger partial charge in [-0.3, -0.25) is 9.59 Å². The number of benzene rings is 2. The summed E-state index contributed by atoms with van der Waals surface area (Å²) in [5, 5.41) is 0. The molecule has 5 nitrogen and oxygen atoms in total. The molecule has 0 unspecified atom stereocenters. The van der Waals surface area contributed by atoms with Gasteiger partial charge < -0.3 is 14.4 Å². The minimum atomic E-state index is -0.485. The molecule has 0 atom stereocenters. The first-order valence-corrected chi connectivity index (χ1v) is 7.87. The van der Waals surface area contributed by atoms with Crippen molar-refractivity contribution in [1.29, 1.82) is 0 Å². The first-order valence-electron chi connectivity index (χ1n) is 7.87. The molecule has 0 radical (unpaired) electrons. The van der Waals surface area contributed by atoms with Crippen molar-refractivity contribution >= 4 is 17.4 Å². The molecule has 0 spiro atoms. The third-order valence-electron chi connectivity index (χ3n) is 4.22. The SMILES string of the molecule is COc1ccc(CC(=O)N2CCC(=O)c3cc(F)ccc32)cc1OC. The Bertz CT molecular complexity index is 834. The molecule has 0 aromatic heterocycles. The number of ketones is 1. The molecule has 0 fully saturated rings. The largest absolute Gasteiger partial charge is 0.493 e. The number of rotatable bonds is 4. The van der Waals surface area contributed by atoms with E-state index < -0.39 is 5.82 Å². The fourth-order valence-corrected chi connectivity index (χ4v) is 2.96. The number of carbonyl (C=O) groups excluding carboxylic acids is 2. The summed E-state index contributed by atoms with van der Waals surface area (Å²) in [7, 11) is 3.08. The van der Waals surface area contributed by atoms with Gasteiger partial charge in [0.05, 0.1) is 26.3 Å². The number of ether oxygens (including phenoxy) is 2. The second kappa shape index (κ2) is 6.93. The zero-order valence-electron chi connectivity index (χ0n) is 14.0. The lowest BCUT2D eigenvalue weighted by Gasteiger charge is -2.29. The second-order valence-corrected chi connectivity index (χ2v) is 5.75. The summed E-state index contributed by atoms with van der Waals surface area (Å²) in [5.74, 6) is 0.339. The number of hydrogen-bond donors (Lipinski definition) is 0. The van der Waals surface area contributed by atoms with E-state index in [9.17, 15) is 14.0 Å². The Morgan fingerprint density at radius 3 is 2.60 bits per heavy atom. The summed E-state index contributed by atoms with van der Waals surface area (Å²) in [6.45, 7) is 0.295. The Balaban J connectivity index is 1.85. The van der Waals surface area contributed by atoms with E-state index in [0.29, 0.717) is 23.7 Å². The molecule has 1 amide bonds. The standard InChI is InChI=1S/C19H18FNO4/c1-24-17-6-3-12(9-18(17)25-2)10-19(23)21-8-7-16(22)14-11-13(20)4-5-15(14)21/h3-6,9,11H,7-8,10H2,1-2H3. The van der Waals surface area contributed by atoms with Gasteiger partial charge in [-0.1, -0.05) is 6.07 Å². The third-order valence-corrected chi connectivity index (χ3v) is 4.22. The molecular formula is C19H18FNO4. The van der Waals surface area contributed by atoms with Gasteiger partial charge in [0.1, 0.15) is 5.82 Å². The van der Waals surface area contributed by atoms with Gasteiger partial charge in [0, 0.05) is 18.5 Å². The average Bonchev–Trinajstić information content (AvgIpc) is 2.62. The number of carbonyl (C=O) groups is 2. The van der Waals surface area contributed by atoms with E-state index in [-0.39, 0.29) is 30.1 Å². The topological polar surface area (TPSA) is 55.8 Å². The predicted octanol–water partition coefficient (Wildman–Crippen LogP) is 3.01. The van der Waals surface area contributed by atoms with Crippen molar-refractivity contribution in [2.75, 3.05) is 25.7 Å². The Morgan fingerprint density at radius 1 is 1.12 bits per heavy atom. The Morgan fingerprint density at radius 2 is 1.88 bits per heavy atom. The number of Topliss-reactive ketones (excluding diaryl/α,β-unsaturated/α-hetero) is 1. The highest BCUT2D eigenvalue weighted by molar-refractivity contribution is 6.09. The molecule has 2 aromatic carbocycles. The highest BCUT2D eigenvalue weighted by Gasteiger charge is 2.27. The number of anilines is 1. The minimum absolute atomic E-state index is 0.144. The molecule has 1 aliphatic rings. The van der Waals surface area contributed by atoms with Gasteiger partial charge in [-0.2, -0.15) is 0 Å². The summed E-state index contributed by atoms with van der Waals surface area (Å²) >= 11 is 0. The lowest BCUT2D eigenvalue weighted by atomic mass is 9.99. The van der Waals surface area contributed by atoms with E-state index in [1.807, 2.05) is 0 Å². The molecule has 0 saturated heterocycles. The lowest BCUT2D eigenvalue weighted by Crippen LogP contribution is -2.38. The number of methoxy groups -OCH3 is 2. The fraction of sp³-hybridized carbons (Fsp3) is 0.263. The highest BCUT2D eigenvalue weighted by Crippen LogP contribution is 2.30. The van der Waals surface area contributed by atoms with Gasteiger partial charge in [-0.25, -0.2) is 4.39 Å². The van der Waals surface area contributed by atoms with Crippen molar-refractivity contribution in [1.82, 2.24) is 0 Å². The molecule has 130 valence electrons. The van der Waals surface area contributed by atoms with Gasteiger partial charge in [-0.15, -0.1) is 0 Å². The molecule has 2 aromatic rings. The quantitative estimate of drug-likeness (QED) is 0.856. The van der Waals surface area contributed by atoms with Crippen molar-refractivity contribution in [2.24, 2.45) is 0 Å². The fourth-order valence-electron chi connectivity index (χ4n) is 2.96. The monoisotopic (exact) mass is 343 g/mol. The first-order chi connectivity index (χ1) is 12.0. The van der Waals surface area contributed by atoms with Crippen LogP contribution in [0.25, 0.3) is 0 Å². The van der Waals surface area contributed by atoms with Crippen LogP contribution in [-0.2, 0) is 11.2 Å². The van der Waals surface area contributed by atoms with Crippen molar-refractivity contribution < 1.29 is 23.5 Å². The van der Waals surface area contributed by atoms with Crippen LogP contribution in [0.3, 0.4) is 0 Å². The van der Waals surface area contributed by atoms with Crippen LogP contribution in [0.5, 0.6) is 11.5 Å². The predicted molar refractivity (Wildman–Crippen MR) is 91.0 cm³/mol. The highest BCUT2D eigenvalue weighted by atomic mass is 19.1. The first kappa shape index (κ1) is 17.0. The van der Waals surface area contributed by atoms with E-state index in [2.05, 4.69) is 0 Å². The number of halogens is 1. The van der Waals surface area contributed by atoms with Crippen LogP contribution >= 0.6 is 0 Å². The Kier molecular flexibility index (Phi) is 4.70. The van der Waals surface area contributed by atoms with E-state index in [1.165, 1.54) is 30.2 Å². The summed E-state index contributed by atoms with van der Waals surface area (Å²) in [4.78, 5) is 26.2. The van der Waals surface area contributed by atoms with Crippen LogP contribution in [0, 0.1) is 5.82 Å². The lowest BCUT2D eigenvalue weighted by molar-refractivity contribution is -0.118. The summed E-state index contributed by atoms with van der Waals surface area (Å²) in [5.41, 5.74) is 1.48. The van der Waals surface area contributed by atoms with Crippen LogP contribution in [0.2, 0.25) is 0 Å². The number of amides is 1.